The maximum atomic E-state index is 6.36. The van der Waals surface area contributed by atoms with Gasteiger partial charge in [-0.3, -0.25) is 0 Å². The van der Waals surface area contributed by atoms with Gasteiger partial charge in [-0.25, -0.2) is 4.98 Å². The number of hydrogen-bond donors (Lipinski definition) is 1. The van der Waals surface area contributed by atoms with Crippen LogP contribution in [0.25, 0.3) is 0 Å². The normalized spacial score (nSPS) is 28.8. The number of rotatable bonds is 5. The van der Waals surface area contributed by atoms with Crippen LogP contribution in [0.4, 0.5) is 0 Å². The smallest absolute Gasteiger partial charge is 0.168 e. The van der Waals surface area contributed by atoms with Crippen molar-refractivity contribution in [2.45, 2.75) is 69.3 Å². The molecule has 2 atom stereocenters. The predicted molar refractivity (Wildman–Crippen MR) is 87.9 cm³/mol. The molecule has 0 amide bonds. The Bertz CT molecular complexity index is 518. The number of aryl methyl sites for hydroxylation is 1. The summed E-state index contributed by atoms with van der Waals surface area (Å²) >= 11 is 0. The first-order valence-electron chi connectivity index (χ1n) is 9.28. The largest absolute Gasteiger partial charge is 0.347 e. The van der Waals surface area contributed by atoms with Crippen molar-refractivity contribution in [3.8, 4) is 0 Å². The second-order valence-corrected chi connectivity index (χ2v) is 7.50. The van der Waals surface area contributed by atoms with Gasteiger partial charge in [-0.2, -0.15) is 0 Å². The van der Waals surface area contributed by atoms with E-state index < -0.39 is 0 Å². The van der Waals surface area contributed by atoms with Gasteiger partial charge in [0, 0.05) is 38.8 Å². The van der Waals surface area contributed by atoms with Gasteiger partial charge < -0.3 is 19.4 Å². The summed E-state index contributed by atoms with van der Waals surface area (Å²) in [6.07, 6.45) is 13.9. The Morgan fingerprint density at radius 3 is 2.74 bits per heavy atom. The molecular formula is C18H29N3O2. The molecule has 1 saturated heterocycles. The fourth-order valence-electron chi connectivity index (χ4n) is 4.08. The molecule has 0 radical (unpaired) electrons. The zero-order valence-electron chi connectivity index (χ0n) is 14.2. The van der Waals surface area contributed by atoms with Crippen LogP contribution in [0, 0.1) is 5.92 Å². The Kier molecular flexibility index (Phi) is 4.43. The molecule has 1 aromatic rings. The first kappa shape index (κ1) is 15.6. The quantitative estimate of drug-likeness (QED) is 0.906. The SMILES string of the molecule is Cn1ccnc1[C@H](NC[C@@H]1COC2(CCCCCC2)O1)C1CC1. The lowest BCUT2D eigenvalue weighted by Gasteiger charge is -2.27. The van der Waals surface area contributed by atoms with Gasteiger partial charge in [-0.05, 0) is 31.6 Å². The summed E-state index contributed by atoms with van der Waals surface area (Å²) in [4.78, 5) is 4.55. The molecule has 2 saturated carbocycles. The van der Waals surface area contributed by atoms with Gasteiger partial charge >= 0.3 is 0 Å². The minimum Gasteiger partial charge on any atom is -0.347 e. The molecule has 1 aliphatic heterocycles. The maximum absolute atomic E-state index is 6.36. The van der Waals surface area contributed by atoms with Crippen molar-refractivity contribution < 1.29 is 9.47 Å². The molecule has 3 aliphatic rings. The molecule has 5 nitrogen and oxygen atoms in total. The van der Waals surface area contributed by atoms with E-state index in [9.17, 15) is 0 Å². The highest BCUT2D eigenvalue weighted by Crippen LogP contribution is 2.41. The highest BCUT2D eigenvalue weighted by molar-refractivity contribution is 5.05. The third-order valence-electron chi connectivity index (χ3n) is 5.57. The van der Waals surface area contributed by atoms with Gasteiger partial charge in [0.25, 0.3) is 0 Å². The van der Waals surface area contributed by atoms with Crippen LogP contribution < -0.4 is 5.32 Å². The van der Waals surface area contributed by atoms with Crippen LogP contribution in [-0.2, 0) is 16.5 Å². The molecule has 0 unspecified atom stereocenters. The number of ether oxygens (including phenoxy) is 2. The molecule has 5 heteroatoms. The molecule has 3 fully saturated rings. The van der Waals surface area contributed by atoms with Crippen molar-refractivity contribution in [3.05, 3.63) is 18.2 Å². The summed E-state index contributed by atoms with van der Waals surface area (Å²) in [5, 5.41) is 3.72. The van der Waals surface area contributed by atoms with Gasteiger partial charge in [0.15, 0.2) is 5.79 Å². The number of nitrogens with zero attached hydrogens (tertiary/aromatic N) is 2. The van der Waals surface area contributed by atoms with E-state index in [2.05, 4.69) is 21.9 Å². The van der Waals surface area contributed by atoms with E-state index in [1.54, 1.807) is 0 Å². The lowest BCUT2D eigenvalue weighted by Crippen LogP contribution is -2.36. The van der Waals surface area contributed by atoms with E-state index in [0.717, 1.165) is 37.7 Å². The molecule has 128 valence electrons. The van der Waals surface area contributed by atoms with E-state index >= 15 is 0 Å². The summed E-state index contributed by atoms with van der Waals surface area (Å²) in [6, 6.07) is 0.351. The van der Waals surface area contributed by atoms with E-state index in [0.29, 0.717) is 6.04 Å². The monoisotopic (exact) mass is 319 g/mol. The Hall–Kier alpha value is -0.910. The van der Waals surface area contributed by atoms with Crippen LogP contribution in [-0.4, -0.2) is 34.6 Å². The van der Waals surface area contributed by atoms with Crippen LogP contribution >= 0.6 is 0 Å². The lowest BCUT2D eigenvalue weighted by atomic mass is 10.1. The first-order valence-corrected chi connectivity index (χ1v) is 9.28. The molecule has 1 N–H and O–H groups in total. The van der Waals surface area contributed by atoms with Gasteiger partial charge in [0.2, 0.25) is 0 Å². The second kappa shape index (κ2) is 6.54. The van der Waals surface area contributed by atoms with Gasteiger partial charge in [0.05, 0.1) is 18.8 Å². The van der Waals surface area contributed by atoms with Crippen LogP contribution in [0.3, 0.4) is 0 Å². The highest BCUT2D eigenvalue weighted by atomic mass is 16.7. The van der Waals surface area contributed by atoms with Crippen molar-refractivity contribution >= 4 is 0 Å². The minimum absolute atomic E-state index is 0.176. The molecule has 1 spiro atoms. The van der Waals surface area contributed by atoms with Gasteiger partial charge in [-0.1, -0.05) is 12.8 Å². The highest BCUT2D eigenvalue weighted by Gasteiger charge is 2.42. The number of hydrogen-bond acceptors (Lipinski definition) is 4. The van der Waals surface area contributed by atoms with Crippen LogP contribution in [0.15, 0.2) is 12.4 Å². The number of nitrogens with one attached hydrogen (secondary N) is 1. The van der Waals surface area contributed by atoms with Crippen LogP contribution in [0.1, 0.15) is 63.2 Å². The molecular weight excluding hydrogens is 290 g/mol. The average molecular weight is 319 g/mol. The van der Waals surface area contributed by atoms with Crippen molar-refractivity contribution in [1.82, 2.24) is 14.9 Å². The molecule has 23 heavy (non-hydrogen) atoms. The summed E-state index contributed by atoms with van der Waals surface area (Å²) in [5.41, 5.74) is 0. The van der Waals surface area contributed by atoms with Crippen molar-refractivity contribution in [3.63, 3.8) is 0 Å². The molecule has 2 aliphatic carbocycles. The minimum atomic E-state index is -0.277. The Labute approximate surface area is 138 Å². The Balaban J connectivity index is 1.34. The maximum Gasteiger partial charge on any atom is 0.168 e. The third-order valence-corrected chi connectivity index (χ3v) is 5.57. The lowest BCUT2D eigenvalue weighted by molar-refractivity contribution is -0.175. The van der Waals surface area contributed by atoms with Crippen LogP contribution in [0.2, 0.25) is 0 Å². The first-order chi connectivity index (χ1) is 11.3. The molecule has 4 rings (SSSR count). The number of aromatic nitrogens is 2. The summed E-state index contributed by atoms with van der Waals surface area (Å²) < 4.78 is 14.6. The molecule has 0 bridgehead atoms. The Morgan fingerprint density at radius 2 is 2.09 bits per heavy atom. The van der Waals surface area contributed by atoms with Crippen LogP contribution in [0.5, 0.6) is 0 Å². The molecule has 2 heterocycles. The Morgan fingerprint density at radius 1 is 1.30 bits per heavy atom. The number of imidazole rings is 1. The van der Waals surface area contributed by atoms with Crippen molar-refractivity contribution in [2.75, 3.05) is 13.2 Å². The average Bonchev–Trinajstić information content (AvgIpc) is 3.23. The summed E-state index contributed by atoms with van der Waals surface area (Å²) in [5.74, 6) is 1.60. The zero-order chi connectivity index (χ0) is 15.7. The molecule has 0 aromatic carbocycles. The van der Waals surface area contributed by atoms with E-state index in [1.165, 1.54) is 38.5 Å². The topological polar surface area (TPSA) is 48.3 Å². The van der Waals surface area contributed by atoms with E-state index in [4.69, 9.17) is 9.47 Å². The third kappa shape index (κ3) is 3.47. The molecule has 1 aromatic heterocycles. The fraction of sp³-hybridized carbons (Fsp3) is 0.833. The van der Waals surface area contributed by atoms with Gasteiger partial charge in [0.1, 0.15) is 5.82 Å². The standard InChI is InChI=1S/C18H29N3O2/c1-21-11-10-19-17(21)16(14-6-7-14)20-12-15-13-22-18(23-15)8-4-2-3-5-9-18/h10-11,14-16,20H,2-9,12-13H2,1H3/t15-,16-/m1/s1. The van der Waals surface area contributed by atoms with Crippen molar-refractivity contribution in [1.29, 1.82) is 0 Å². The fourth-order valence-corrected chi connectivity index (χ4v) is 4.08. The van der Waals surface area contributed by atoms with Gasteiger partial charge in [-0.15, -0.1) is 0 Å². The van der Waals surface area contributed by atoms with Crippen molar-refractivity contribution in [2.24, 2.45) is 13.0 Å². The zero-order valence-corrected chi connectivity index (χ0v) is 14.2. The summed E-state index contributed by atoms with van der Waals surface area (Å²) in [7, 11) is 2.08. The van der Waals surface area contributed by atoms with E-state index in [-0.39, 0.29) is 11.9 Å². The van der Waals surface area contributed by atoms with E-state index in [1.807, 2.05) is 12.4 Å². The summed E-state index contributed by atoms with van der Waals surface area (Å²) in [6.45, 7) is 1.58. The second-order valence-electron chi connectivity index (χ2n) is 7.50. The predicted octanol–water partition coefficient (Wildman–Crippen LogP) is 2.93.